The molecule has 0 saturated heterocycles. The zero-order valence-corrected chi connectivity index (χ0v) is 55.1. The average molecular weight is 1090 g/mol. The van der Waals surface area contributed by atoms with Gasteiger partial charge in [0.1, 0.15) is 0 Å². The van der Waals surface area contributed by atoms with E-state index in [0.717, 1.165) is 12.8 Å². The maximum Gasteiger partial charge on any atom is 1.00 e. The third-order valence-corrected chi connectivity index (χ3v) is 15.9. The maximum absolute atomic E-state index is 8.78. The number of rotatable bonds is 63. The van der Waals surface area contributed by atoms with E-state index >= 15 is 0 Å². The summed E-state index contributed by atoms with van der Waals surface area (Å²) < 4.78 is 31.6. The zero-order valence-electron chi connectivity index (χ0n) is 52.2. The number of unbranched alkanes of at least 4 members (excludes halogenated alkanes) is 62. The van der Waals surface area contributed by atoms with Gasteiger partial charge in [-0.05, 0) is 6.42 Å². The van der Waals surface area contributed by atoms with E-state index < -0.39 is 10.4 Å². The largest absolute Gasteiger partial charge is 1.00 e. The molecule has 0 radical (unpaired) electrons. The molecular weight excluding hydrogens is 952 g/mol. The second-order valence-electron chi connectivity index (χ2n) is 23.6. The minimum absolute atomic E-state index is 0. The Morgan fingerprint density at radius 1 is 0.227 bits per heavy atom. The first-order valence-electron chi connectivity index (χ1n) is 34.4. The van der Waals surface area contributed by atoms with Crippen molar-refractivity contribution in [2.75, 3.05) is 6.61 Å². The van der Waals surface area contributed by atoms with E-state index in [-0.39, 0.29) is 29.6 Å². The van der Waals surface area contributed by atoms with Crippen LogP contribution in [-0.2, 0) is 10.4 Å². The van der Waals surface area contributed by atoms with Gasteiger partial charge in [-0.3, -0.25) is 9.11 Å². The second kappa shape index (κ2) is 79.1. The number of aliphatic hydroxyl groups is 1. The van der Waals surface area contributed by atoms with Crippen molar-refractivity contribution in [1.82, 2.24) is 0 Å². The summed E-state index contributed by atoms with van der Waals surface area (Å²) in [6, 6.07) is 0. The van der Waals surface area contributed by atoms with Crippen molar-refractivity contribution >= 4 is 10.4 Å². The van der Waals surface area contributed by atoms with Gasteiger partial charge in [0.25, 0.3) is 0 Å². The number of aliphatic hydroxyl groups excluding tert-OH is 1. The van der Waals surface area contributed by atoms with E-state index in [2.05, 4.69) is 20.8 Å². The Kier molecular flexibility index (Phi) is 86.7. The predicted molar refractivity (Wildman–Crippen MR) is 333 cm³/mol. The summed E-state index contributed by atoms with van der Waals surface area (Å²) >= 11 is 0. The molecule has 0 amide bonds. The van der Waals surface area contributed by atoms with Crippen LogP contribution in [0, 0.1) is 6.92 Å². The van der Waals surface area contributed by atoms with Gasteiger partial charge >= 0.3 is 40.0 Å². The molecule has 0 saturated carbocycles. The Balaban J connectivity index is -0.000000608. The predicted octanol–water partition coefficient (Wildman–Crippen LogP) is 22.2. The van der Waals surface area contributed by atoms with Crippen LogP contribution in [0.5, 0.6) is 0 Å². The summed E-state index contributed by atoms with van der Waals surface area (Å²) in [6.45, 7) is 8.91. The zero-order chi connectivity index (χ0) is 54.5. The average Bonchev–Trinajstić information content (AvgIpc) is 3.38. The summed E-state index contributed by atoms with van der Waals surface area (Å²) in [7, 11) is -4.67. The summed E-state index contributed by atoms with van der Waals surface area (Å²) in [4.78, 5) is 0. The standard InChI is InChI=1S/C34H70O.C34H69.Na.H2O4S/c1-2-3-4-5-6-7-8-9-10-11-12-13-14-15-16-17-18-19-20-21-22-23-24-25-26-27-28-29-30-31-32-33-34-35;1-3-5-7-9-11-13-15-17-19-21-23-25-27-29-31-33-34-32-30-28-26-24-22-20-18-16-14-12-10-8-6-4-2;;1-5(2,3)4/h35H,2-34H2,1H3;1,3-34H2,2H3;;(H2,1,2,3,4)/q;-1;+1;. The minimum Gasteiger partial charge on any atom is -0.396 e. The van der Waals surface area contributed by atoms with Crippen LogP contribution in [0.2, 0.25) is 0 Å². The molecule has 0 aliphatic heterocycles. The molecule has 0 aromatic heterocycles. The molecule has 75 heavy (non-hydrogen) atoms. The fourth-order valence-corrected chi connectivity index (χ4v) is 10.9. The Hall–Kier alpha value is 0.830. The van der Waals surface area contributed by atoms with Crippen molar-refractivity contribution in [3.05, 3.63) is 6.92 Å². The molecule has 0 bridgehead atoms. The Bertz CT molecular complexity index is 955. The van der Waals surface area contributed by atoms with Crippen LogP contribution in [-0.4, -0.2) is 29.2 Å². The van der Waals surface area contributed by atoms with E-state index in [1.807, 2.05) is 0 Å². The molecular formula is C68H141NaO5S. The molecule has 0 spiro atoms. The van der Waals surface area contributed by atoms with E-state index in [1.165, 1.54) is 398 Å². The summed E-state index contributed by atoms with van der Waals surface area (Å²) in [5.74, 6) is 0. The molecule has 0 rings (SSSR count). The van der Waals surface area contributed by atoms with Gasteiger partial charge in [0.05, 0.1) is 0 Å². The quantitative estimate of drug-likeness (QED) is 0.0244. The molecule has 0 aliphatic rings. The first kappa shape index (κ1) is 82.3. The Labute approximate surface area is 497 Å². The van der Waals surface area contributed by atoms with Crippen molar-refractivity contribution in [2.24, 2.45) is 0 Å². The van der Waals surface area contributed by atoms with Gasteiger partial charge in [0, 0.05) is 6.61 Å². The van der Waals surface area contributed by atoms with Crippen LogP contribution in [0.15, 0.2) is 0 Å². The molecule has 0 aromatic carbocycles. The van der Waals surface area contributed by atoms with Crippen LogP contribution in [0.1, 0.15) is 425 Å². The summed E-state index contributed by atoms with van der Waals surface area (Å²) in [5.41, 5.74) is 0. The monoisotopic (exact) mass is 1090 g/mol. The normalized spacial score (nSPS) is 11.3. The van der Waals surface area contributed by atoms with Crippen LogP contribution in [0.4, 0.5) is 0 Å². The van der Waals surface area contributed by atoms with Crippen molar-refractivity contribution in [2.45, 2.75) is 425 Å². The van der Waals surface area contributed by atoms with Gasteiger partial charge in [0.15, 0.2) is 0 Å². The van der Waals surface area contributed by atoms with Crippen LogP contribution in [0.25, 0.3) is 0 Å². The van der Waals surface area contributed by atoms with Crippen LogP contribution < -0.4 is 29.6 Å². The molecule has 0 unspecified atom stereocenters. The summed E-state index contributed by atoms with van der Waals surface area (Å²) in [5, 5.41) is 8.78. The molecule has 0 aromatic rings. The van der Waals surface area contributed by atoms with E-state index in [9.17, 15) is 0 Å². The second-order valence-corrected chi connectivity index (χ2v) is 24.5. The molecule has 0 fully saturated rings. The molecule has 3 N–H and O–H groups in total. The summed E-state index contributed by atoms with van der Waals surface area (Å²) in [6.07, 6.45) is 92.8. The van der Waals surface area contributed by atoms with Gasteiger partial charge in [-0.2, -0.15) is 14.8 Å². The fraction of sp³-hybridized carbons (Fsp3) is 0.985. The molecule has 0 aliphatic carbocycles. The Morgan fingerprint density at radius 3 is 0.413 bits per heavy atom. The van der Waals surface area contributed by atoms with E-state index in [1.54, 1.807) is 0 Å². The topological polar surface area (TPSA) is 94.8 Å². The molecule has 7 heteroatoms. The van der Waals surface area contributed by atoms with Crippen molar-refractivity contribution in [1.29, 1.82) is 0 Å². The van der Waals surface area contributed by atoms with Crippen molar-refractivity contribution in [3.63, 3.8) is 0 Å². The van der Waals surface area contributed by atoms with Gasteiger partial charge in [0.2, 0.25) is 0 Å². The fourth-order valence-electron chi connectivity index (χ4n) is 10.9. The number of hydrogen-bond donors (Lipinski definition) is 3. The van der Waals surface area contributed by atoms with Crippen LogP contribution in [0.3, 0.4) is 0 Å². The van der Waals surface area contributed by atoms with Crippen LogP contribution >= 0.6 is 0 Å². The van der Waals surface area contributed by atoms with Gasteiger partial charge in [-0.15, -0.1) is 0 Å². The van der Waals surface area contributed by atoms with Gasteiger partial charge in [-0.25, -0.2) is 0 Å². The Morgan fingerprint density at radius 2 is 0.320 bits per heavy atom. The molecule has 0 atom stereocenters. The van der Waals surface area contributed by atoms with Crippen molar-refractivity contribution < 1.29 is 52.2 Å². The number of hydrogen-bond acceptors (Lipinski definition) is 3. The first-order valence-corrected chi connectivity index (χ1v) is 35.8. The first-order chi connectivity index (χ1) is 36.3. The third kappa shape index (κ3) is 97.4. The molecule has 0 heterocycles. The smallest absolute Gasteiger partial charge is 0.396 e. The molecule has 5 nitrogen and oxygen atoms in total. The minimum atomic E-state index is -4.67. The van der Waals surface area contributed by atoms with E-state index in [0.29, 0.717) is 6.61 Å². The van der Waals surface area contributed by atoms with Gasteiger partial charge in [-0.1, -0.05) is 412 Å². The SMILES string of the molecule is CCCCCCCCCCCCCCCCCCCCCCCCCCCCCCCCCCO.O=S(=O)(O)O.[CH2-]CCCCCCCCCCCCCCCCCCCCCCCCCCCCCCCCC.[Na+]. The molecule has 450 valence electrons. The maximum atomic E-state index is 8.78. The van der Waals surface area contributed by atoms with Gasteiger partial charge < -0.3 is 12.0 Å². The third-order valence-electron chi connectivity index (χ3n) is 15.9. The van der Waals surface area contributed by atoms with E-state index in [4.69, 9.17) is 22.6 Å². The van der Waals surface area contributed by atoms with Crippen molar-refractivity contribution in [3.8, 4) is 0 Å².